The highest BCUT2D eigenvalue weighted by Crippen LogP contribution is 2.47. The molecule has 90 valence electrons. The highest BCUT2D eigenvalue weighted by Gasteiger charge is 2.49. The van der Waals surface area contributed by atoms with E-state index in [1.54, 1.807) is 0 Å². The third-order valence-electron chi connectivity index (χ3n) is 4.11. The van der Waals surface area contributed by atoms with Crippen LogP contribution in [0.4, 0.5) is 5.69 Å². The fourth-order valence-electron chi connectivity index (χ4n) is 2.70. The molecular weight excluding hydrogens is 208 g/mol. The average molecular weight is 228 g/mol. The molecule has 1 aromatic rings. The van der Waals surface area contributed by atoms with Crippen LogP contribution in [0.25, 0.3) is 0 Å². The predicted molar refractivity (Wildman–Crippen MR) is 70.8 cm³/mol. The molecule has 0 aliphatic heterocycles. The minimum atomic E-state index is -0.414. The molecule has 0 aromatic heterocycles. The van der Waals surface area contributed by atoms with Crippen LogP contribution in [-0.4, -0.2) is 5.54 Å². The summed E-state index contributed by atoms with van der Waals surface area (Å²) in [4.78, 5) is 0. The van der Waals surface area contributed by atoms with Crippen LogP contribution in [0.3, 0.4) is 0 Å². The predicted octanol–water partition coefficient (Wildman–Crippen LogP) is 3.88. The van der Waals surface area contributed by atoms with Crippen molar-refractivity contribution >= 4 is 5.69 Å². The highest BCUT2D eigenvalue weighted by molar-refractivity contribution is 5.50. The normalized spacial score (nSPS) is 26.5. The number of aryl methyl sites for hydroxylation is 1. The average Bonchev–Trinajstić information content (AvgIpc) is 2.58. The Balaban J connectivity index is 2.27. The van der Waals surface area contributed by atoms with Crippen molar-refractivity contribution in [2.24, 2.45) is 5.41 Å². The second-order valence-corrected chi connectivity index (χ2v) is 5.75. The Hall–Kier alpha value is -1.49. The Kier molecular flexibility index (Phi) is 2.87. The molecule has 1 N–H and O–H groups in total. The van der Waals surface area contributed by atoms with Crippen LogP contribution in [0.2, 0.25) is 0 Å². The lowest BCUT2D eigenvalue weighted by Gasteiger charge is -2.37. The zero-order chi connectivity index (χ0) is 12.5. The fourth-order valence-corrected chi connectivity index (χ4v) is 2.70. The lowest BCUT2D eigenvalue weighted by molar-refractivity contribution is 0.290. The molecule has 0 radical (unpaired) electrons. The molecule has 0 heterocycles. The van der Waals surface area contributed by atoms with Gasteiger partial charge < -0.3 is 5.32 Å². The first kappa shape index (κ1) is 12.0. The van der Waals surface area contributed by atoms with Gasteiger partial charge in [0.25, 0.3) is 0 Å². The van der Waals surface area contributed by atoms with Gasteiger partial charge in [0.15, 0.2) is 0 Å². The molecule has 0 spiro atoms. The Morgan fingerprint density at radius 1 is 1.18 bits per heavy atom. The monoisotopic (exact) mass is 228 g/mol. The van der Waals surface area contributed by atoms with Crippen molar-refractivity contribution in [3.8, 4) is 6.07 Å². The molecule has 17 heavy (non-hydrogen) atoms. The van der Waals surface area contributed by atoms with Gasteiger partial charge in [0, 0.05) is 11.1 Å². The fraction of sp³-hybridized carbons (Fsp3) is 0.533. The third kappa shape index (κ3) is 2.02. The number of hydrogen-bond acceptors (Lipinski definition) is 2. The molecule has 1 saturated carbocycles. The van der Waals surface area contributed by atoms with Gasteiger partial charge in [-0.1, -0.05) is 31.5 Å². The van der Waals surface area contributed by atoms with Gasteiger partial charge in [-0.25, -0.2) is 0 Å². The molecule has 1 aliphatic rings. The molecule has 2 nitrogen and oxygen atoms in total. The van der Waals surface area contributed by atoms with Crippen LogP contribution in [0.1, 0.15) is 38.7 Å². The molecule has 2 rings (SSSR count). The summed E-state index contributed by atoms with van der Waals surface area (Å²) < 4.78 is 0. The lowest BCUT2D eigenvalue weighted by Crippen LogP contribution is -2.45. The molecular formula is C15H20N2. The van der Waals surface area contributed by atoms with Gasteiger partial charge in [-0.05, 0) is 38.3 Å². The van der Waals surface area contributed by atoms with Crippen molar-refractivity contribution < 1.29 is 0 Å². The van der Waals surface area contributed by atoms with Gasteiger partial charge >= 0.3 is 0 Å². The van der Waals surface area contributed by atoms with Gasteiger partial charge in [-0.2, -0.15) is 5.26 Å². The highest BCUT2D eigenvalue weighted by atomic mass is 15.0. The van der Waals surface area contributed by atoms with E-state index in [2.05, 4.69) is 56.4 Å². The number of nitrogens with zero attached hydrogens (tertiary/aromatic N) is 1. The number of nitrogens with one attached hydrogen (secondary N) is 1. The number of rotatable bonds is 2. The van der Waals surface area contributed by atoms with Crippen LogP contribution >= 0.6 is 0 Å². The molecule has 0 saturated heterocycles. The maximum atomic E-state index is 9.56. The lowest BCUT2D eigenvalue weighted by atomic mass is 9.75. The van der Waals surface area contributed by atoms with Crippen molar-refractivity contribution in [2.45, 2.75) is 45.6 Å². The largest absolute Gasteiger partial charge is 0.367 e. The van der Waals surface area contributed by atoms with E-state index in [-0.39, 0.29) is 5.41 Å². The van der Waals surface area contributed by atoms with Gasteiger partial charge in [0.1, 0.15) is 5.54 Å². The van der Waals surface area contributed by atoms with Gasteiger partial charge in [-0.3, -0.25) is 0 Å². The van der Waals surface area contributed by atoms with Crippen molar-refractivity contribution in [3.05, 3.63) is 29.8 Å². The first-order valence-electron chi connectivity index (χ1n) is 6.25. The Morgan fingerprint density at radius 3 is 2.29 bits per heavy atom. The Labute approximate surface area is 104 Å². The Bertz CT molecular complexity index is 439. The number of benzene rings is 1. The van der Waals surface area contributed by atoms with Crippen LogP contribution < -0.4 is 5.32 Å². The summed E-state index contributed by atoms with van der Waals surface area (Å²) in [5, 5.41) is 13.0. The molecule has 0 amide bonds. The molecule has 1 fully saturated rings. The Morgan fingerprint density at radius 2 is 1.82 bits per heavy atom. The van der Waals surface area contributed by atoms with E-state index in [0.717, 1.165) is 24.9 Å². The number of hydrogen-bond donors (Lipinski definition) is 1. The topological polar surface area (TPSA) is 35.8 Å². The van der Waals surface area contributed by atoms with E-state index >= 15 is 0 Å². The molecule has 1 aromatic carbocycles. The minimum absolute atomic E-state index is 0.0344. The summed E-state index contributed by atoms with van der Waals surface area (Å²) >= 11 is 0. The standard InChI is InChI=1S/C15H20N2/c1-12-5-7-13(8-6-12)17-15(11-16)10-4-9-14(15,2)3/h5-8,17H,4,9-10H2,1-3H3. The quantitative estimate of drug-likeness (QED) is 0.833. The number of nitriles is 1. The first-order valence-corrected chi connectivity index (χ1v) is 6.25. The van der Waals surface area contributed by atoms with Gasteiger partial charge in [0.2, 0.25) is 0 Å². The molecule has 2 heteroatoms. The molecule has 1 aliphatic carbocycles. The summed E-state index contributed by atoms with van der Waals surface area (Å²) in [6.45, 7) is 6.44. The smallest absolute Gasteiger partial charge is 0.130 e. The van der Waals surface area contributed by atoms with Crippen LogP contribution in [0.15, 0.2) is 24.3 Å². The van der Waals surface area contributed by atoms with E-state index < -0.39 is 5.54 Å². The van der Waals surface area contributed by atoms with E-state index in [4.69, 9.17) is 0 Å². The van der Waals surface area contributed by atoms with Crippen molar-refractivity contribution in [3.63, 3.8) is 0 Å². The van der Waals surface area contributed by atoms with Crippen LogP contribution in [0.5, 0.6) is 0 Å². The van der Waals surface area contributed by atoms with E-state index in [1.807, 2.05) is 0 Å². The maximum Gasteiger partial charge on any atom is 0.130 e. The van der Waals surface area contributed by atoms with Crippen molar-refractivity contribution in [1.29, 1.82) is 5.26 Å². The zero-order valence-electron chi connectivity index (χ0n) is 10.9. The number of anilines is 1. The summed E-state index contributed by atoms with van der Waals surface area (Å²) in [5.74, 6) is 0. The zero-order valence-corrected chi connectivity index (χ0v) is 10.9. The first-order chi connectivity index (χ1) is 7.99. The molecule has 1 atom stereocenters. The summed E-state index contributed by atoms with van der Waals surface area (Å²) in [6.07, 6.45) is 3.17. The van der Waals surface area contributed by atoms with Crippen LogP contribution in [-0.2, 0) is 0 Å². The third-order valence-corrected chi connectivity index (χ3v) is 4.11. The van der Waals surface area contributed by atoms with Gasteiger partial charge in [0.05, 0.1) is 6.07 Å². The SMILES string of the molecule is Cc1ccc(NC2(C#N)CCCC2(C)C)cc1. The second kappa shape index (κ2) is 4.07. The second-order valence-electron chi connectivity index (χ2n) is 5.75. The molecule has 0 bridgehead atoms. The van der Waals surface area contributed by atoms with Crippen molar-refractivity contribution in [2.75, 3.05) is 5.32 Å². The summed E-state index contributed by atoms with van der Waals surface area (Å²) in [6, 6.07) is 10.8. The van der Waals surface area contributed by atoms with E-state index in [1.165, 1.54) is 5.56 Å². The van der Waals surface area contributed by atoms with Crippen LogP contribution in [0, 0.1) is 23.7 Å². The van der Waals surface area contributed by atoms with E-state index in [9.17, 15) is 5.26 Å². The molecule has 1 unspecified atom stereocenters. The van der Waals surface area contributed by atoms with Gasteiger partial charge in [-0.15, -0.1) is 0 Å². The van der Waals surface area contributed by atoms with E-state index in [0.29, 0.717) is 0 Å². The summed E-state index contributed by atoms with van der Waals surface area (Å²) in [7, 11) is 0. The maximum absolute atomic E-state index is 9.56. The van der Waals surface area contributed by atoms with Crippen molar-refractivity contribution in [1.82, 2.24) is 0 Å². The summed E-state index contributed by atoms with van der Waals surface area (Å²) in [5.41, 5.74) is 1.91. The minimum Gasteiger partial charge on any atom is -0.367 e.